The predicted molar refractivity (Wildman–Crippen MR) is 75.5 cm³/mol. The van der Waals surface area contributed by atoms with E-state index >= 15 is 0 Å². The Morgan fingerprint density at radius 1 is 1.17 bits per heavy atom. The molecule has 106 valence electrons. The maximum Gasteiger partial charge on any atom is 0.0678 e. The van der Waals surface area contributed by atoms with Crippen molar-refractivity contribution in [2.24, 2.45) is 17.6 Å². The second kappa shape index (κ2) is 6.36. The monoisotopic (exact) mass is 254 g/mol. The molecule has 5 atom stereocenters. The van der Waals surface area contributed by atoms with Gasteiger partial charge in [-0.2, -0.15) is 0 Å². The Labute approximate surface area is 112 Å². The van der Waals surface area contributed by atoms with E-state index in [1.807, 2.05) is 0 Å². The summed E-state index contributed by atoms with van der Waals surface area (Å²) in [6, 6.07) is 0.571. The van der Waals surface area contributed by atoms with Gasteiger partial charge in [-0.1, -0.05) is 19.8 Å². The second-order valence-electron chi connectivity index (χ2n) is 6.55. The number of rotatable bonds is 3. The van der Waals surface area contributed by atoms with Gasteiger partial charge in [0.1, 0.15) is 0 Å². The molecule has 1 saturated carbocycles. The first-order valence-electron chi connectivity index (χ1n) is 7.69. The lowest BCUT2D eigenvalue weighted by Gasteiger charge is -2.44. The highest BCUT2D eigenvalue weighted by atomic mass is 16.5. The van der Waals surface area contributed by atoms with E-state index in [4.69, 9.17) is 10.5 Å². The van der Waals surface area contributed by atoms with Gasteiger partial charge in [-0.15, -0.1) is 0 Å². The Kier molecular flexibility index (Phi) is 5.05. The van der Waals surface area contributed by atoms with Gasteiger partial charge in [0.25, 0.3) is 0 Å². The standard InChI is InChI=1S/C15H30N2O/c1-11-5-4-6-14(7-11)15(8-16)17-9-12(2)18-13(3)10-17/h11-15H,4-10,16H2,1-3H3. The number of nitrogens with zero attached hydrogens (tertiary/aromatic N) is 1. The molecular formula is C15H30N2O. The van der Waals surface area contributed by atoms with Crippen LogP contribution in [0.5, 0.6) is 0 Å². The first-order valence-corrected chi connectivity index (χ1v) is 7.69. The van der Waals surface area contributed by atoms with Crippen molar-refractivity contribution >= 4 is 0 Å². The van der Waals surface area contributed by atoms with Gasteiger partial charge < -0.3 is 10.5 Å². The van der Waals surface area contributed by atoms with Gasteiger partial charge in [-0.05, 0) is 38.5 Å². The first kappa shape index (κ1) is 14.3. The molecule has 3 heteroatoms. The predicted octanol–water partition coefficient (Wildman–Crippen LogP) is 2.25. The molecule has 0 bridgehead atoms. The van der Waals surface area contributed by atoms with Crippen LogP contribution in [0.1, 0.15) is 46.5 Å². The Morgan fingerprint density at radius 2 is 1.83 bits per heavy atom. The second-order valence-corrected chi connectivity index (χ2v) is 6.55. The van der Waals surface area contributed by atoms with Gasteiger partial charge in [-0.25, -0.2) is 0 Å². The summed E-state index contributed by atoms with van der Waals surface area (Å²) in [6.07, 6.45) is 6.23. The van der Waals surface area contributed by atoms with Crippen molar-refractivity contribution in [3.05, 3.63) is 0 Å². The quantitative estimate of drug-likeness (QED) is 0.839. The highest BCUT2D eigenvalue weighted by molar-refractivity contribution is 4.87. The summed E-state index contributed by atoms with van der Waals surface area (Å²) in [5, 5.41) is 0. The molecule has 1 aliphatic heterocycles. The zero-order valence-electron chi connectivity index (χ0n) is 12.3. The normalized spacial score (nSPS) is 40.7. The number of ether oxygens (including phenoxy) is 1. The van der Waals surface area contributed by atoms with Gasteiger partial charge in [0, 0.05) is 25.7 Å². The van der Waals surface area contributed by atoms with Crippen LogP contribution in [0, 0.1) is 11.8 Å². The van der Waals surface area contributed by atoms with Crippen LogP contribution in [-0.4, -0.2) is 42.8 Å². The van der Waals surface area contributed by atoms with E-state index < -0.39 is 0 Å². The van der Waals surface area contributed by atoms with E-state index in [1.165, 1.54) is 25.7 Å². The third-order valence-corrected chi connectivity index (χ3v) is 4.68. The van der Waals surface area contributed by atoms with Crippen molar-refractivity contribution in [1.82, 2.24) is 4.90 Å². The van der Waals surface area contributed by atoms with E-state index in [-0.39, 0.29) is 0 Å². The number of hydrogen-bond donors (Lipinski definition) is 1. The van der Waals surface area contributed by atoms with Gasteiger partial charge in [0.05, 0.1) is 12.2 Å². The fourth-order valence-corrected chi connectivity index (χ4v) is 3.96. The van der Waals surface area contributed by atoms with E-state index in [0.717, 1.165) is 31.5 Å². The van der Waals surface area contributed by atoms with E-state index in [0.29, 0.717) is 18.2 Å². The van der Waals surface area contributed by atoms with Gasteiger partial charge in [-0.3, -0.25) is 4.90 Å². The summed E-state index contributed by atoms with van der Waals surface area (Å²) in [5.74, 6) is 1.69. The fraction of sp³-hybridized carbons (Fsp3) is 1.00. The highest BCUT2D eigenvalue weighted by Gasteiger charge is 2.33. The molecule has 1 heterocycles. The average molecular weight is 254 g/mol. The number of nitrogens with two attached hydrogens (primary N) is 1. The average Bonchev–Trinajstić information content (AvgIpc) is 2.28. The molecule has 1 saturated heterocycles. The molecule has 0 aromatic heterocycles. The first-order chi connectivity index (χ1) is 8.60. The Balaban J connectivity index is 1.98. The van der Waals surface area contributed by atoms with Crippen molar-refractivity contribution in [1.29, 1.82) is 0 Å². The minimum atomic E-state index is 0.351. The number of morpholine rings is 1. The largest absolute Gasteiger partial charge is 0.373 e. The maximum atomic E-state index is 6.09. The molecule has 2 aliphatic rings. The summed E-state index contributed by atoms with van der Waals surface area (Å²) >= 11 is 0. The van der Waals surface area contributed by atoms with Crippen molar-refractivity contribution in [3.8, 4) is 0 Å². The van der Waals surface area contributed by atoms with Crippen LogP contribution in [-0.2, 0) is 4.74 Å². The lowest BCUT2D eigenvalue weighted by atomic mass is 9.78. The van der Waals surface area contributed by atoms with Crippen LogP contribution in [0.3, 0.4) is 0 Å². The van der Waals surface area contributed by atoms with E-state index in [1.54, 1.807) is 0 Å². The van der Waals surface area contributed by atoms with Crippen LogP contribution >= 0.6 is 0 Å². The van der Waals surface area contributed by atoms with Crippen LogP contribution in [0.15, 0.2) is 0 Å². The Morgan fingerprint density at radius 3 is 2.39 bits per heavy atom. The molecule has 0 radical (unpaired) electrons. The Bertz CT molecular complexity index is 249. The third kappa shape index (κ3) is 3.46. The van der Waals surface area contributed by atoms with Crippen molar-refractivity contribution in [2.75, 3.05) is 19.6 Å². The smallest absolute Gasteiger partial charge is 0.0678 e. The molecule has 0 aromatic rings. The zero-order valence-corrected chi connectivity index (χ0v) is 12.3. The van der Waals surface area contributed by atoms with Crippen LogP contribution < -0.4 is 5.73 Å². The van der Waals surface area contributed by atoms with Gasteiger partial charge >= 0.3 is 0 Å². The van der Waals surface area contributed by atoms with Crippen molar-refractivity contribution in [3.63, 3.8) is 0 Å². The Hall–Kier alpha value is -0.120. The maximum absolute atomic E-state index is 6.09. The van der Waals surface area contributed by atoms with Crippen LogP contribution in [0.25, 0.3) is 0 Å². The summed E-state index contributed by atoms with van der Waals surface area (Å²) < 4.78 is 5.84. The van der Waals surface area contributed by atoms with Crippen LogP contribution in [0.4, 0.5) is 0 Å². The summed E-state index contributed by atoms with van der Waals surface area (Å²) in [4.78, 5) is 2.60. The van der Waals surface area contributed by atoms with E-state index in [2.05, 4.69) is 25.7 Å². The topological polar surface area (TPSA) is 38.5 Å². The molecule has 18 heavy (non-hydrogen) atoms. The van der Waals surface area contributed by atoms with E-state index in [9.17, 15) is 0 Å². The minimum Gasteiger partial charge on any atom is -0.373 e. The molecule has 2 rings (SSSR count). The molecule has 0 aromatic carbocycles. The summed E-state index contributed by atoms with van der Waals surface area (Å²) in [5.41, 5.74) is 6.09. The molecule has 0 spiro atoms. The summed E-state index contributed by atoms with van der Waals surface area (Å²) in [6.45, 7) is 9.66. The zero-order chi connectivity index (χ0) is 13.1. The molecule has 0 amide bonds. The third-order valence-electron chi connectivity index (χ3n) is 4.68. The molecule has 3 nitrogen and oxygen atoms in total. The van der Waals surface area contributed by atoms with Crippen molar-refractivity contribution < 1.29 is 4.74 Å². The van der Waals surface area contributed by atoms with Gasteiger partial charge in [0.2, 0.25) is 0 Å². The number of hydrogen-bond acceptors (Lipinski definition) is 3. The summed E-state index contributed by atoms with van der Waals surface area (Å²) in [7, 11) is 0. The van der Waals surface area contributed by atoms with Crippen molar-refractivity contribution in [2.45, 2.75) is 64.7 Å². The molecule has 5 unspecified atom stereocenters. The van der Waals surface area contributed by atoms with Gasteiger partial charge in [0.15, 0.2) is 0 Å². The van der Waals surface area contributed by atoms with Crippen LogP contribution in [0.2, 0.25) is 0 Å². The molecule has 2 fully saturated rings. The highest BCUT2D eigenvalue weighted by Crippen LogP contribution is 2.33. The SMILES string of the molecule is CC1CCCC(C(CN)N2CC(C)OC(C)C2)C1. The lowest BCUT2D eigenvalue weighted by Crippen LogP contribution is -2.55. The fourth-order valence-electron chi connectivity index (χ4n) is 3.96. The minimum absolute atomic E-state index is 0.351. The lowest BCUT2D eigenvalue weighted by molar-refractivity contribution is -0.0884. The molecule has 2 N–H and O–H groups in total. The molecule has 1 aliphatic carbocycles. The molecular weight excluding hydrogens is 224 g/mol.